The first-order chi connectivity index (χ1) is 6.43. The smallest absolute Gasteiger partial charge is 0.0946 e. The Balaban J connectivity index is 0. The first-order valence-corrected chi connectivity index (χ1v) is 6.11. The van der Waals surface area contributed by atoms with Gasteiger partial charge in [0.2, 0.25) is 0 Å². The lowest BCUT2D eigenvalue weighted by Gasteiger charge is -2.00. The van der Waals surface area contributed by atoms with Crippen molar-refractivity contribution in [1.82, 2.24) is 5.32 Å². The van der Waals surface area contributed by atoms with Crippen molar-refractivity contribution >= 4 is 11.8 Å². The summed E-state index contributed by atoms with van der Waals surface area (Å²) >= 11 is 1.80. The second-order valence-corrected chi connectivity index (χ2v) is 2.91. The van der Waals surface area contributed by atoms with Crippen molar-refractivity contribution < 1.29 is 0 Å². The van der Waals surface area contributed by atoms with E-state index < -0.39 is 0 Å². The van der Waals surface area contributed by atoms with Crippen molar-refractivity contribution in [2.24, 2.45) is 0 Å². The zero-order valence-electron chi connectivity index (χ0n) is 9.50. The Bertz CT molecular complexity index is 122. The Morgan fingerprint density at radius 2 is 1.92 bits per heavy atom. The largest absolute Gasteiger partial charge is 0.375 e. The van der Waals surface area contributed by atoms with Gasteiger partial charge < -0.3 is 5.32 Å². The van der Waals surface area contributed by atoms with Gasteiger partial charge in [0.05, 0.1) is 5.37 Å². The molecule has 1 nitrogen and oxygen atoms in total. The molecular weight excluding hydrogens is 178 g/mol. The number of hydrogen-bond donors (Lipinski definition) is 1. The summed E-state index contributed by atoms with van der Waals surface area (Å²) in [4.78, 5) is 0. The Morgan fingerprint density at radius 3 is 2.31 bits per heavy atom. The van der Waals surface area contributed by atoms with Crippen LogP contribution in [0, 0.1) is 0 Å². The highest BCUT2D eigenvalue weighted by Gasteiger charge is 2.02. The number of thioether (sulfide) groups is 1. The molecule has 0 aromatic rings. The van der Waals surface area contributed by atoms with E-state index in [9.17, 15) is 0 Å². The monoisotopic (exact) mass is 201 g/mol. The van der Waals surface area contributed by atoms with E-state index in [1.807, 2.05) is 33.9 Å². The Hall–Kier alpha value is -0.370. The third-order valence-corrected chi connectivity index (χ3v) is 1.98. The van der Waals surface area contributed by atoms with Gasteiger partial charge in [-0.25, -0.2) is 0 Å². The molecule has 1 atom stereocenters. The molecule has 0 radical (unpaired) electrons. The average Bonchev–Trinajstić information content (AvgIpc) is 2.73. The quantitative estimate of drug-likeness (QED) is 0.674. The lowest BCUT2D eigenvalue weighted by molar-refractivity contribution is 0.939. The van der Waals surface area contributed by atoms with Crippen LogP contribution in [0.25, 0.3) is 0 Å². The number of rotatable bonds is 2. The van der Waals surface area contributed by atoms with Gasteiger partial charge in [0.1, 0.15) is 0 Å². The van der Waals surface area contributed by atoms with E-state index in [0.29, 0.717) is 5.37 Å². The molecule has 0 bridgehead atoms. The molecule has 1 aliphatic heterocycles. The maximum absolute atomic E-state index is 3.19. The van der Waals surface area contributed by atoms with E-state index in [2.05, 4.69) is 29.8 Å². The van der Waals surface area contributed by atoms with Gasteiger partial charge >= 0.3 is 0 Å². The van der Waals surface area contributed by atoms with Crippen LogP contribution >= 0.6 is 11.8 Å². The summed E-state index contributed by atoms with van der Waals surface area (Å²) in [5, 5.41) is 5.75. The minimum Gasteiger partial charge on any atom is -0.375 e. The maximum atomic E-state index is 3.19. The van der Waals surface area contributed by atoms with Gasteiger partial charge in [-0.15, -0.1) is 11.8 Å². The van der Waals surface area contributed by atoms with Gasteiger partial charge in [-0.1, -0.05) is 46.8 Å². The van der Waals surface area contributed by atoms with Crippen LogP contribution in [0.4, 0.5) is 0 Å². The fourth-order valence-corrected chi connectivity index (χ4v) is 1.34. The molecule has 0 spiro atoms. The summed E-state index contributed by atoms with van der Waals surface area (Å²) in [6, 6.07) is 0. The van der Waals surface area contributed by atoms with Crippen LogP contribution in [0.1, 0.15) is 41.0 Å². The summed E-state index contributed by atoms with van der Waals surface area (Å²) in [6.45, 7) is 10.1. The molecule has 0 aliphatic carbocycles. The van der Waals surface area contributed by atoms with E-state index in [1.165, 1.54) is 0 Å². The molecule has 1 unspecified atom stereocenters. The van der Waals surface area contributed by atoms with Crippen LogP contribution in [0.5, 0.6) is 0 Å². The van der Waals surface area contributed by atoms with E-state index >= 15 is 0 Å². The molecule has 0 saturated carbocycles. The standard InChI is InChI=1S/C7H11NS.2C2H6/c1-2-3-4-7-8-5-6-9-7;2*1-2/h3-8H,2H2,1H3;2*1-2H3/b4-3-;;. The minimum absolute atomic E-state index is 0.491. The fraction of sp³-hybridized carbons (Fsp3) is 0.636. The van der Waals surface area contributed by atoms with Crippen LogP contribution in [-0.2, 0) is 0 Å². The van der Waals surface area contributed by atoms with Crippen LogP contribution < -0.4 is 5.32 Å². The predicted molar refractivity (Wildman–Crippen MR) is 65.8 cm³/mol. The van der Waals surface area contributed by atoms with E-state index in [0.717, 1.165) is 6.42 Å². The topological polar surface area (TPSA) is 12.0 Å². The lowest BCUT2D eigenvalue weighted by Crippen LogP contribution is -2.11. The third kappa shape index (κ3) is 9.54. The van der Waals surface area contributed by atoms with Crippen molar-refractivity contribution in [1.29, 1.82) is 0 Å². The SMILES string of the molecule is CC.CC.CC/C=C\C1NC=CS1. The van der Waals surface area contributed by atoms with E-state index in [4.69, 9.17) is 0 Å². The third-order valence-electron chi connectivity index (χ3n) is 1.10. The van der Waals surface area contributed by atoms with E-state index in [1.54, 1.807) is 11.8 Å². The van der Waals surface area contributed by atoms with Crippen LogP contribution in [0.15, 0.2) is 23.8 Å². The molecule has 2 heteroatoms. The Kier molecular flexibility index (Phi) is 16.5. The van der Waals surface area contributed by atoms with Crippen molar-refractivity contribution in [2.75, 3.05) is 0 Å². The van der Waals surface area contributed by atoms with Crippen LogP contribution in [0.3, 0.4) is 0 Å². The van der Waals surface area contributed by atoms with Gasteiger partial charge in [-0.3, -0.25) is 0 Å². The number of hydrogen-bond acceptors (Lipinski definition) is 2. The van der Waals surface area contributed by atoms with Gasteiger partial charge in [-0.05, 0) is 11.8 Å². The van der Waals surface area contributed by atoms with Gasteiger partial charge in [0.15, 0.2) is 0 Å². The summed E-state index contributed by atoms with van der Waals surface area (Å²) in [6.07, 6.45) is 7.47. The summed E-state index contributed by atoms with van der Waals surface area (Å²) in [5.74, 6) is 0. The zero-order chi connectivity index (χ0) is 10.5. The lowest BCUT2D eigenvalue weighted by atomic mass is 10.4. The molecule has 1 N–H and O–H groups in total. The summed E-state index contributed by atoms with van der Waals surface area (Å²) in [5.41, 5.74) is 0. The molecule has 1 rings (SSSR count). The fourth-order valence-electron chi connectivity index (χ4n) is 0.658. The molecule has 78 valence electrons. The molecule has 13 heavy (non-hydrogen) atoms. The van der Waals surface area contributed by atoms with Gasteiger partial charge in [0.25, 0.3) is 0 Å². The molecule has 0 aromatic heterocycles. The van der Waals surface area contributed by atoms with Crippen LogP contribution in [0.2, 0.25) is 0 Å². The van der Waals surface area contributed by atoms with Crippen molar-refractivity contribution in [3.05, 3.63) is 23.8 Å². The Morgan fingerprint density at radius 1 is 1.31 bits per heavy atom. The molecule has 1 aliphatic rings. The van der Waals surface area contributed by atoms with Crippen molar-refractivity contribution in [3.63, 3.8) is 0 Å². The number of allylic oxidation sites excluding steroid dienone is 1. The molecular formula is C11H23NS. The maximum Gasteiger partial charge on any atom is 0.0946 e. The second kappa shape index (κ2) is 14.2. The highest BCUT2D eigenvalue weighted by atomic mass is 32.2. The molecule has 0 amide bonds. The first-order valence-electron chi connectivity index (χ1n) is 5.16. The summed E-state index contributed by atoms with van der Waals surface area (Å²) < 4.78 is 0. The van der Waals surface area contributed by atoms with Crippen molar-refractivity contribution in [3.8, 4) is 0 Å². The average molecular weight is 201 g/mol. The summed E-state index contributed by atoms with van der Waals surface area (Å²) in [7, 11) is 0. The Labute approximate surface area is 87.7 Å². The van der Waals surface area contributed by atoms with Gasteiger partial charge in [0, 0.05) is 6.20 Å². The predicted octanol–water partition coefficient (Wildman–Crippen LogP) is 4.14. The first kappa shape index (κ1) is 15.1. The van der Waals surface area contributed by atoms with Crippen molar-refractivity contribution in [2.45, 2.75) is 46.4 Å². The van der Waals surface area contributed by atoms with Gasteiger partial charge in [-0.2, -0.15) is 0 Å². The molecule has 1 heterocycles. The molecule has 0 fully saturated rings. The highest BCUT2D eigenvalue weighted by molar-refractivity contribution is 8.03. The second-order valence-electron chi connectivity index (χ2n) is 1.86. The number of nitrogens with one attached hydrogen (secondary N) is 1. The minimum atomic E-state index is 0.491. The molecule has 0 aromatic carbocycles. The zero-order valence-corrected chi connectivity index (χ0v) is 10.3. The molecule has 0 saturated heterocycles. The normalized spacial score (nSPS) is 18.4. The highest BCUT2D eigenvalue weighted by Crippen LogP contribution is 2.15. The van der Waals surface area contributed by atoms with E-state index in [-0.39, 0.29) is 0 Å². The van der Waals surface area contributed by atoms with Crippen LogP contribution in [-0.4, -0.2) is 5.37 Å².